The fourth-order valence-corrected chi connectivity index (χ4v) is 8.88. The number of hydrogen-bond acceptors (Lipinski definition) is 7. The van der Waals surface area contributed by atoms with Gasteiger partial charge in [-0.05, 0) is 60.6 Å². The first-order chi connectivity index (χ1) is 26.0. The van der Waals surface area contributed by atoms with Crippen molar-refractivity contribution in [2.75, 3.05) is 25.1 Å². The van der Waals surface area contributed by atoms with Crippen molar-refractivity contribution in [1.29, 1.82) is 0 Å². The lowest BCUT2D eigenvalue weighted by molar-refractivity contribution is -0.165. The normalized spacial score (nSPS) is 25.1. The molecule has 1 N–H and O–H groups in total. The number of rotatable bonds is 16. The standard InChI is InChI=1S/C44H53N3O7/c1-7-10-20-36(49)45(6)29(5)39(31-17-12-11-13-18-31)53-43(52)37-35-23-24-44(54-35)38(37)41(50)47(34(27-48)28(4)9-3)40(44)42(51)46(25-8-2)33-22-21-30-16-14-15-19-32(30)26-33/h7-8,11-19,21-22,26,28-29,34-35,37-40,48H,1-2,9-10,20,23-25,27H2,3-6H3/t28-,29+,34-,35+,37-,38-,39-,40+,44-/m0/s1. The number of esters is 1. The minimum atomic E-state index is -1.31. The summed E-state index contributed by atoms with van der Waals surface area (Å²) in [5, 5.41) is 12.8. The fraction of sp³-hybridized carbons (Fsp3) is 0.455. The zero-order valence-corrected chi connectivity index (χ0v) is 31.8. The van der Waals surface area contributed by atoms with Gasteiger partial charge in [0.1, 0.15) is 17.7 Å². The van der Waals surface area contributed by atoms with E-state index in [0.717, 1.165) is 10.8 Å². The van der Waals surface area contributed by atoms with Crippen LogP contribution in [0.1, 0.15) is 64.5 Å². The summed E-state index contributed by atoms with van der Waals surface area (Å²) in [7, 11) is 1.69. The average molecular weight is 736 g/mol. The second-order valence-electron chi connectivity index (χ2n) is 15.0. The first kappa shape index (κ1) is 38.9. The van der Waals surface area contributed by atoms with E-state index in [1.807, 2.05) is 93.6 Å². The lowest BCUT2D eigenvalue weighted by Gasteiger charge is -2.41. The third-order valence-corrected chi connectivity index (χ3v) is 12.1. The van der Waals surface area contributed by atoms with E-state index in [0.29, 0.717) is 36.9 Å². The highest BCUT2D eigenvalue weighted by atomic mass is 16.6. The molecule has 3 fully saturated rings. The number of ether oxygens (including phenoxy) is 2. The van der Waals surface area contributed by atoms with Gasteiger partial charge in [-0.2, -0.15) is 0 Å². The number of nitrogens with zero attached hydrogens (tertiary/aromatic N) is 3. The van der Waals surface area contributed by atoms with Crippen LogP contribution in [0.5, 0.6) is 0 Å². The van der Waals surface area contributed by atoms with E-state index >= 15 is 4.79 Å². The van der Waals surface area contributed by atoms with E-state index in [4.69, 9.17) is 9.47 Å². The topological polar surface area (TPSA) is 117 Å². The van der Waals surface area contributed by atoms with Gasteiger partial charge in [0.2, 0.25) is 11.8 Å². The molecule has 1 spiro atoms. The maximum atomic E-state index is 15.2. The summed E-state index contributed by atoms with van der Waals surface area (Å²) in [4.78, 5) is 62.6. The van der Waals surface area contributed by atoms with Gasteiger partial charge in [0.05, 0.1) is 36.6 Å². The zero-order valence-electron chi connectivity index (χ0n) is 31.8. The minimum absolute atomic E-state index is 0.111. The second-order valence-corrected chi connectivity index (χ2v) is 15.0. The summed E-state index contributed by atoms with van der Waals surface area (Å²) in [6.07, 6.45) is 4.15. The number of likely N-dealkylation sites (tertiary alicyclic amines) is 1. The molecular formula is C44H53N3O7. The number of amides is 3. The monoisotopic (exact) mass is 735 g/mol. The van der Waals surface area contributed by atoms with Crippen molar-refractivity contribution in [2.45, 2.75) is 88.8 Å². The van der Waals surface area contributed by atoms with Gasteiger partial charge in [-0.1, -0.05) is 93.1 Å². The molecule has 286 valence electrons. The number of anilines is 1. The zero-order chi connectivity index (χ0) is 38.7. The van der Waals surface area contributed by atoms with Gasteiger partial charge in [0, 0.05) is 25.7 Å². The van der Waals surface area contributed by atoms with Gasteiger partial charge in [0.25, 0.3) is 5.91 Å². The van der Waals surface area contributed by atoms with Gasteiger partial charge in [-0.25, -0.2) is 0 Å². The van der Waals surface area contributed by atoms with Crippen LogP contribution in [0, 0.1) is 17.8 Å². The fourth-order valence-electron chi connectivity index (χ4n) is 8.88. The Morgan fingerprint density at radius 2 is 1.74 bits per heavy atom. The van der Waals surface area contributed by atoms with Crippen molar-refractivity contribution in [1.82, 2.24) is 9.80 Å². The van der Waals surface area contributed by atoms with Crippen LogP contribution in [0.2, 0.25) is 0 Å². The molecule has 9 atom stereocenters. The van der Waals surface area contributed by atoms with Crippen molar-refractivity contribution in [3.8, 4) is 0 Å². The van der Waals surface area contributed by atoms with E-state index in [1.165, 1.54) is 4.90 Å². The Morgan fingerprint density at radius 3 is 2.41 bits per heavy atom. The first-order valence-electron chi connectivity index (χ1n) is 19.2. The summed E-state index contributed by atoms with van der Waals surface area (Å²) in [5.74, 6) is -3.61. The van der Waals surface area contributed by atoms with E-state index in [9.17, 15) is 19.5 Å². The summed E-state index contributed by atoms with van der Waals surface area (Å²) >= 11 is 0. The Labute approximate surface area is 318 Å². The SMILES string of the molecule is C=CCCC(=O)N(C)[C@H](C)[C@H](OC(=O)[C@@H]1[C@H]2C(=O)N([C@@H](CO)[C@@H](C)CC)[C@H](C(=O)N(CC=C)c3ccc4ccccc4c3)[C@]23CC[C@H]1O3)c1ccccc1. The van der Waals surface area contributed by atoms with Gasteiger partial charge < -0.3 is 29.3 Å². The number of benzene rings is 3. The first-order valence-corrected chi connectivity index (χ1v) is 19.2. The molecule has 3 saturated heterocycles. The molecule has 0 aliphatic carbocycles. The van der Waals surface area contributed by atoms with Crippen LogP contribution in [0.4, 0.5) is 5.69 Å². The van der Waals surface area contributed by atoms with Gasteiger partial charge in [-0.3, -0.25) is 19.2 Å². The summed E-state index contributed by atoms with van der Waals surface area (Å²) in [5.41, 5.74) is 0.0377. The summed E-state index contributed by atoms with van der Waals surface area (Å²) in [6.45, 7) is 13.3. The quantitative estimate of drug-likeness (QED) is 0.137. The maximum Gasteiger partial charge on any atom is 0.313 e. The van der Waals surface area contributed by atoms with Gasteiger partial charge >= 0.3 is 5.97 Å². The molecule has 6 rings (SSSR count). The third kappa shape index (κ3) is 6.86. The van der Waals surface area contributed by atoms with Crippen LogP contribution in [-0.4, -0.2) is 88.6 Å². The lowest BCUT2D eigenvalue weighted by atomic mass is 9.70. The number of hydrogen-bond donors (Lipinski definition) is 1. The molecule has 54 heavy (non-hydrogen) atoms. The molecule has 3 aromatic rings. The summed E-state index contributed by atoms with van der Waals surface area (Å²) in [6, 6.07) is 20.6. The number of aliphatic hydroxyl groups is 1. The Hall–Kier alpha value is -4.80. The van der Waals surface area contributed by atoms with Crippen molar-refractivity contribution in [3.63, 3.8) is 0 Å². The predicted molar refractivity (Wildman–Crippen MR) is 208 cm³/mol. The summed E-state index contributed by atoms with van der Waals surface area (Å²) < 4.78 is 13.2. The maximum absolute atomic E-state index is 15.2. The predicted octanol–water partition coefficient (Wildman–Crippen LogP) is 6.24. The smallest absolute Gasteiger partial charge is 0.313 e. The Balaban J connectivity index is 1.38. The molecular weight excluding hydrogens is 682 g/mol. The second kappa shape index (κ2) is 16.3. The molecule has 3 aromatic carbocycles. The molecule has 10 heteroatoms. The molecule has 3 heterocycles. The highest BCUT2D eigenvalue weighted by molar-refractivity contribution is 6.05. The van der Waals surface area contributed by atoms with E-state index in [-0.39, 0.29) is 37.3 Å². The Morgan fingerprint density at radius 1 is 1.04 bits per heavy atom. The lowest BCUT2D eigenvalue weighted by Crippen LogP contribution is -2.60. The van der Waals surface area contributed by atoms with Crippen molar-refractivity contribution >= 4 is 40.2 Å². The average Bonchev–Trinajstić information content (AvgIpc) is 3.85. The number of likely N-dealkylation sites (N-methyl/N-ethyl adjacent to an activating group) is 1. The van der Waals surface area contributed by atoms with Crippen LogP contribution >= 0.6 is 0 Å². The van der Waals surface area contributed by atoms with Crippen LogP contribution in [0.25, 0.3) is 10.8 Å². The largest absolute Gasteiger partial charge is 0.455 e. The number of carbonyl (C=O) groups excluding carboxylic acids is 4. The van der Waals surface area contributed by atoms with Crippen molar-refractivity contribution < 1.29 is 33.8 Å². The minimum Gasteiger partial charge on any atom is -0.455 e. The molecule has 0 aromatic heterocycles. The van der Waals surface area contributed by atoms with Crippen molar-refractivity contribution in [2.24, 2.45) is 17.8 Å². The van der Waals surface area contributed by atoms with Crippen LogP contribution < -0.4 is 4.90 Å². The molecule has 0 saturated carbocycles. The van der Waals surface area contributed by atoms with E-state index < -0.39 is 59.6 Å². The molecule has 0 unspecified atom stereocenters. The third-order valence-electron chi connectivity index (χ3n) is 12.1. The highest BCUT2D eigenvalue weighted by Gasteiger charge is 2.76. The molecule has 3 aliphatic heterocycles. The molecule has 2 bridgehead atoms. The molecule has 3 amide bonds. The number of aliphatic hydroxyl groups excluding tert-OH is 1. The number of carbonyl (C=O) groups is 4. The van der Waals surface area contributed by atoms with Crippen molar-refractivity contribution in [3.05, 3.63) is 104 Å². The number of allylic oxidation sites excluding steroid dienone is 1. The molecule has 10 nitrogen and oxygen atoms in total. The Bertz CT molecular complexity index is 1880. The van der Waals surface area contributed by atoms with E-state index in [2.05, 4.69) is 13.2 Å². The van der Waals surface area contributed by atoms with Crippen LogP contribution in [-0.2, 0) is 28.7 Å². The van der Waals surface area contributed by atoms with E-state index in [1.54, 1.807) is 29.0 Å². The number of fused-ring (bicyclic) bond motifs is 2. The Kier molecular flexibility index (Phi) is 11.7. The highest BCUT2D eigenvalue weighted by Crippen LogP contribution is 2.60. The van der Waals surface area contributed by atoms with Crippen LogP contribution in [0.15, 0.2) is 98.1 Å². The van der Waals surface area contributed by atoms with Crippen LogP contribution in [0.3, 0.4) is 0 Å². The molecule has 0 radical (unpaired) electrons. The molecule has 3 aliphatic rings. The van der Waals surface area contributed by atoms with Gasteiger partial charge in [-0.15, -0.1) is 13.2 Å². The van der Waals surface area contributed by atoms with Gasteiger partial charge in [0.15, 0.2) is 0 Å².